The number of carbonyl (C=O) groups excluding carboxylic acids is 1. The van der Waals surface area contributed by atoms with Crippen molar-refractivity contribution in [2.45, 2.75) is 26.7 Å². The molecule has 6 heteroatoms. The van der Waals surface area contributed by atoms with Crippen molar-refractivity contribution in [1.29, 1.82) is 5.41 Å². The maximum atomic E-state index is 10.1. The van der Waals surface area contributed by atoms with Crippen molar-refractivity contribution in [3.63, 3.8) is 0 Å². The molecule has 78 valence electrons. The van der Waals surface area contributed by atoms with Gasteiger partial charge in [-0.05, 0) is 6.42 Å². The average molecular weight is 207 g/mol. The normalized spacial score (nSPS) is 7.92. The highest BCUT2D eigenvalue weighted by Gasteiger charge is 1.88. The SMILES string of the molecule is CCCCOC(C)=O.N=C(N)NS. The van der Waals surface area contributed by atoms with Gasteiger partial charge < -0.3 is 15.2 Å². The lowest BCUT2D eigenvalue weighted by atomic mass is 10.4. The Labute approximate surface area is 84.1 Å². The van der Waals surface area contributed by atoms with E-state index in [1.54, 1.807) is 0 Å². The van der Waals surface area contributed by atoms with Crippen LogP contribution in [0.4, 0.5) is 0 Å². The number of thiol groups is 1. The standard InChI is InChI=1S/C6H12O2.CH5N3S/c1-3-4-5-8-6(2)7;2-1(3)4-5/h3-5H2,1-2H3;5H,(H4,2,3,4). The molecule has 0 aliphatic carbocycles. The van der Waals surface area contributed by atoms with Gasteiger partial charge >= 0.3 is 5.97 Å². The number of hydrogen-bond donors (Lipinski definition) is 4. The van der Waals surface area contributed by atoms with Crippen LogP contribution in [0.5, 0.6) is 0 Å². The van der Waals surface area contributed by atoms with Crippen molar-refractivity contribution >= 4 is 24.7 Å². The van der Waals surface area contributed by atoms with E-state index in [1.165, 1.54) is 6.92 Å². The third-order valence-electron chi connectivity index (χ3n) is 0.924. The monoisotopic (exact) mass is 207 g/mol. The summed E-state index contributed by atoms with van der Waals surface area (Å²) in [5.74, 6) is -0.313. The molecule has 4 N–H and O–H groups in total. The van der Waals surface area contributed by atoms with E-state index < -0.39 is 0 Å². The Balaban J connectivity index is 0. The fourth-order valence-corrected chi connectivity index (χ4v) is 0.360. The van der Waals surface area contributed by atoms with Gasteiger partial charge in [0.25, 0.3) is 0 Å². The van der Waals surface area contributed by atoms with Crippen LogP contribution in [0.25, 0.3) is 0 Å². The number of carbonyl (C=O) groups is 1. The predicted molar refractivity (Wildman–Crippen MR) is 55.6 cm³/mol. The van der Waals surface area contributed by atoms with E-state index in [4.69, 9.17) is 5.41 Å². The summed E-state index contributed by atoms with van der Waals surface area (Å²) < 4.78 is 6.73. The van der Waals surface area contributed by atoms with Crippen LogP contribution in [-0.4, -0.2) is 18.5 Å². The van der Waals surface area contributed by atoms with Crippen LogP contribution in [-0.2, 0) is 9.53 Å². The summed E-state index contributed by atoms with van der Waals surface area (Å²) in [6.45, 7) is 4.06. The zero-order valence-electron chi connectivity index (χ0n) is 7.96. The Bertz CT molecular complexity index is 153. The lowest BCUT2D eigenvalue weighted by Gasteiger charge is -1.96. The smallest absolute Gasteiger partial charge is 0.302 e. The molecule has 0 atom stereocenters. The first kappa shape index (κ1) is 14.6. The Hall–Kier alpha value is -0.910. The van der Waals surface area contributed by atoms with E-state index in [9.17, 15) is 4.79 Å². The van der Waals surface area contributed by atoms with Gasteiger partial charge in [-0.3, -0.25) is 10.2 Å². The first-order valence-electron chi connectivity index (χ1n) is 3.92. The van der Waals surface area contributed by atoms with Crippen molar-refractivity contribution in [3.05, 3.63) is 0 Å². The molecule has 0 spiro atoms. The molecular formula is C7H17N3O2S. The molecule has 0 aliphatic heterocycles. The largest absolute Gasteiger partial charge is 0.466 e. The first-order chi connectivity index (χ1) is 6.04. The molecule has 0 aromatic rings. The minimum atomic E-state index is -0.182. The van der Waals surface area contributed by atoms with Crippen LogP contribution in [0, 0.1) is 5.41 Å². The summed E-state index contributed by atoms with van der Waals surface area (Å²) in [4.78, 5) is 10.1. The third kappa shape index (κ3) is 24.7. The lowest BCUT2D eigenvalue weighted by Crippen LogP contribution is -2.21. The van der Waals surface area contributed by atoms with Gasteiger partial charge in [-0.25, -0.2) is 0 Å². The third-order valence-corrected chi connectivity index (χ3v) is 1.16. The molecule has 0 fully saturated rings. The number of unbranched alkanes of at least 4 members (excludes halogenated alkanes) is 1. The van der Waals surface area contributed by atoms with Crippen LogP contribution >= 0.6 is 12.8 Å². The molecule has 0 heterocycles. The van der Waals surface area contributed by atoms with Crippen LogP contribution in [0.3, 0.4) is 0 Å². The molecule has 0 bridgehead atoms. The Morgan fingerprint density at radius 1 is 1.69 bits per heavy atom. The fourth-order valence-electron chi connectivity index (χ4n) is 0.360. The summed E-state index contributed by atoms with van der Waals surface area (Å²) in [6.07, 6.45) is 2.05. The number of ether oxygens (including phenoxy) is 1. The molecule has 13 heavy (non-hydrogen) atoms. The number of nitrogens with one attached hydrogen (secondary N) is 2. The van der Waals surface area contributed by atoms with E-state index in [0.29, 0.717) is 6.61 Å². The van der Waals surface area contributed by atoms with E-state index in [1.807, 2.05) is 0 Å². The van der Waals surface area contributed by atoms with Crippen LogP contribution < -0.4 is 10.5 Å². The molecule has 5 nitrogen and oxygen atoms in total. The van der Waals surface area contributed by atoms with Gasteiger partial charge in [0.15, 0.2) is 5.96 Å². The molecule has 0 aliphatic rings. The number of hydrogen-bond acceptors (Lipinski definition) is 4. The van der Waals surface area contributed by atoms with Crippen molar-refractivity contribution in [3.8, 4) is 0 Å². The van der Waals surface area contributed by atoms with Crippen molar-refractivity contribution in [2.75, 3.05) is 6.61 Å². The molecule has 0 saturated heterocycles. The second kappa shape index (κ2) is 11.1. The Kier molecular flexibility index (Phi) is 12.5. The average Bonchev–Trinajstić information content (AvgIpc) is 2.05. The molecule has 0 aromatic carbocycles. The minimum Gasteiger partial charge on any atom is -0.466 e. The molecule has 0 rings (SSSR count). The number of nitrogens with two attached hydrogens (primary N) is 1. The minimum absolute atomic E-state index is 0.131. The predicted octanol–water partition coefficient (Wildman–Crippen LogP) is 0.664. The summed E-state index contributed by atoms with van der Waals surface area (Å²) in [7, 11) is 0. The van der Waals surface area contributed by atoms with Crippen LogP contribution in [0.15, 0.2) is 0 Å². The quantitative estimate of drug-likeness (QED) is 0.180. The molecule has 0 amide bonds. The van der Waals surface area contributed by atoms with E-state index in [0.717, 1.165) is 12.8 Å². The van der Waals surface area contributed by atoms with E-state index >= 15 is 0 Å². The highest BCUT2D eigenvalue weighted by atomic mass is 32.1. The molecular weight excluding hydrogens is 190 g/mol. The second-order valence-corrected chi connectivity index (χ2v) is 2.44. The number of guanidine groups is 1. The summed E-state index contributed by atoms with van der Waals surface area (Å²) in [5.41, 5.74) is 4.69. The lowest BCUT2D eigenvalue weighted by molar-refractivity contribution is -0.141. The van der Waals surface area contributed by atoms with Gasteiger partial charge in [-0.15, -0.1) is 0 Å². The molecule has 0 radical (unpaired) electrons. The Morgan fingerprint density at radius 3 is 2.38 bits per heavy atom. The van der Waals surface area contributed by atoms with Gasteiger partial charge in [-0.2, -0.15) is 0 Å². The van der Waals surface area contributed by atoms with Gasteiger partial charge in [0, 0.05) is 6.92 Å². The highest BCUT2D eigenvalue weighted by Crippen LogP contribution is 1.86. The van der Waals surface area contributed by atoms with Crippen molar-refractivity contribution in [2.24, 2.45) is 5.73 Å². The van der Waals surface area contributed by atoms with E-state index in [-0.39, 0.29) is 11.9 Å². The number of rotatable bonds is 3. The van der Waals surface area contributed by atoms with E-state index in [2.05, 4.69) is 34.9 Å². The van der Waals surface area contributed by atoms with Crippen LogP contribution in [0.2, 0.25) is 0 Å². The van der Waals surface area contributed by atoms with Gasteiger partial charge in [-0.1, -0.05) is 26.2 Å². The summed E-state index contributed by atoms with van der Waals surface area (Å²) in [5, 5.41) is 6.33. The van der Waals surface area contributed by atoms with Crippen LogP contribution in [0.1, 0.15) is 26.7 Å². The summed E-state index contributed by atoms with van der Waals surface area (Å²) in [6, 6.07) is 0. The molecule has 0 unspecified atom stereocenters. The second-order valence-electron chi connectivity index (χ2n) is 2.22. The maximum Gasteiger partial charge on any atom is 0.302 e. The van der Waals surface area contributed by atoms with Gasteiger partial charge in [0.05, 0.1) is 6.61 Å². The van der Waals surface area contributed by atoms with Crippen molar-refractivity contribution in [1.82, 2.24) is 4.72 Å². The van der Waals surface area contributed by atoms with Crippen molar-refractivity contribution < 1.29 is 9.53 Å². The highest BCUT2D eigenvalue weighted by molar-refractivity contribution is 7.78. The number of esters is 1. The molecule has 0 aromatic heterocycles. The Morgan fingerprint density at radius 2 is 2.15 bits per heavy atom. The van der Waals surface area contributed by atoms with Gasteiger partial charge in [0.1, 0.15) is 0 Å². The summed E-state index contributed by atoms with van der Waals surface area (Å²) >= 11 is 3.42. The fraction of sp³-hybridized carbons (Fsp3) is 0.714. The maximum absolute atomic E-state index is 10.1. The first-order valence-corrected chi connectivity index (χ1v) is 4.36. The zero-order chi connectivity index (χ0) is 10.7. The topological polar surface area (TPSA) is 88.2 Å². The zero-order valence-corrected chi connectivity index (χ0v) is 8.86. The molecule has 0 saturated carbocycles. The van der Waals surface area contributed by atoms with Gasteiger partial charge in [0.2, 0.25) is 0 Å².